The van der Waals surface area contributed by atoms with Crippen LogP contribution in [0.5, 0.6) is 0 Å². The van der Waals surface area contributed by atoms with Gasteiger partial charge in [-0.3, -0.25) is 4.90 Å². The van der Waals surface area contributed by atoms with Crippen LogP contribution < -0.4 is 5.73 Å². The van der Waals surface area contributed by atoms with Crippen LogP contribution in [0, 0.1) is 12.8 Å². The Balaban J connectivity index is 2.10. The van der Waals surface area contributed by atoms with E-state index in [2.05, 4.69) is 4.98 Å². The first-order valence-electron chi connectivity index (χ1n) is 5.86. The van der Waals surface area contributed by atoms with E-state index in [1.54, 1.807) is 6.92 Å². The average molecular weight is 279 g/mol. The highest BCUT2D eigenvalue weighted by molar-refractivity contribution is 7.11. The lowest BCUT2D eigenvalue weighted by molar-refractivity contribution is -0.141. The first kappa shape index (κ1) is 13.8. The minimum Gasteiger partial charge on any atom is -0.330 e. The molecule has 7 heteroatoms. The first-order valence-corrected chi connectivity index (χ1v) is 6.67. The maximum Gasteiger partial charge on any atom is 0.434 e. The highest BCUT2D eigenvalue weighted by atomic mass is 32.1. The Morgan fingerprint density at radius 1 is 1.50 bits per heavy atom. The molecular weight excluding hydrogens is 263 g/mol. The van der Waals surface area contributed by atoms with Gasteiger partial charge in [-0.2, -0.15) is 13.2 Å². The third kappa shape index (κ3) is 3.02. The monoisotopic (exact) mass is 279 g/mol. The second-order valence-corrected chi connectivity index (χ2v) is 5.92. The van der Waals surface area contributed by atoms with Crippen molar-refractivity contribution in [2.75, 3.05) is 19.6 Å². The Kier molecular flexibility index (Phi) is 3.93. The molecule has 0 aromatic carbocycles. The normalized spacial score (nSPS) is 21.7. The maximum absolute atomic E-state index is 12.8. The lowest BCUT2D eigenvalue weighted by Crippen LogP contribution is -2.23. The number of nitrogens with two attached hydrogens (primary N) is 1. The van der Waals surface area contributed by atoms with Crippen molar-refractivity contribution < 1.29 is 13.2 Å². The van der Waals surface area contributed by atoms with Gasteiger partial charge in [0, 0.05) is 13.1 Å². The summed E-state index contributed by atoms with van der Waals surface area (Å²) < 4.78 is 38.4. The number of hydrogen-bond donors (Lipinski definition) is 1. The molecule has 3 nitrogen and oxygen atoms in total. The molecule has 2 rings (SSSR count). The van der Waals surface area contributed by atoms with Gasteiger partial charge in [-0.1, -0.05) is 0 Å². The summed E-state index contributed by atoms with van der Waals surface area (Å²) in [7, 11) is 0. The number of nitrogens with zero attached hydrogens (tertiary/aromatic N) is 2. The van der Waals surface area contributed by atoms with Crippen molar-refractivity contribution in [2.45, 2.75) is 26.1 Å². The average Bonchev–Trinajstić information content (AvgIpc) is 2.85. The van der Waals surface area contributed by atoms with Gasteiger partial charge >= 0.3 is 6.18 Å². The van der Waals surface area contributed by atoms with Gasteiger partial charge in [-0.05, 0) is 32.4 Å². The Hall–Kier alpha value is -0.660. The summed E-state index contributed by atoms with van der Waals surface area (Å²) >= 11 is 1.13. The predicted molar refractivity (Wildman–Crippen MR) is 64.3 cm³/mol. The van der Waals surface area contributed by atoms with E-state index in [0.717, 1.165) is 30.8 Å². The fraction of sp³-hybridized carbons (Fsp3) is 0.727. The van der Waals surface area contributed by atoms with Crippen LogP contribution in [-0.4, -0.2) is 29.5 Å². The predicted octanol–water partition coefficient (Wildman–Crippen LogP) is 2.25. The molecule has 0 spiro atoms. The fourth-order valence-electron chi connectivity index (χ4n) is 2.25. The smallest absolute Gasteiger partial charge is 0.330 e. The molecular formula is C11H16F3N3S. The van der Waals surface area contributed by atoms with E-state index in [-0.39, 0.29) is 0 Å². The number of halogens is 3. The van der Waals surface area contributed by atoms with Crippen LogP contribution >= 0.6 is 11.3 Å². The molecule has 0 radical (unpaired) electrons. The molecule has 1 saturated heterocycles. The van der Waals surface area contributed by atoms with Crippen LogP contribution in [0.4, 0.5) is 13.2 Å². The van der Waals surface area contributed by atoms with Crippen LogP contribution in [0.15, 0.2) is 0 Å². The summed E-state index contributed by atoms with van der Waals surface area (Å²) in [6.07, 6.45) is -3.39. The Morgan fingerprint density at radius 2 is 2.22 bits per heavy atom. The third-order valence-electron chi connectivity index (χ3n) is 3.14. The minimum absolute atomic E-state index is 0.317. The van der Waals surface area contributed by atoms with Gasteiger partial charge in [-0.25, -0.2) is 4.98 Å². The van der Waals surface area contributed by atoms with E-state index in [9.17, 15) is 13.2 Å². The van der Waals surface area contributed by atoms with Gasteiger partial charge in [0.1, 0.15) is 0 Å². The van der Waals surface area contributed by atoms with Crippen molar-refractivity contribution in [1.82, 2.24) is 9.88 Å². The SMILES string of the molecule is Cc1nc(C(F)(F)F)c(CN2CCC(CN)C2)s1. The highest BCUT2D eigenvalue weighted by Gasteiger charge is 2.37. The van der Waals surface area contributed by atoms with Crippen LogP contribution in [0.2, 0.25) is 0 Å². The van der Waals surface area contributed by atoms with Crippen LogP contribution in [0.3, 0.4) is 0 Å². The molecule has 2 N–H and O–H groups in total. The van der Waals surface area contributed by atoms with E-state index in [4.69, 9.17) is 5.73 Å². The maximum atomic E-state index is 12.8. The van der Waals surface area contributed by atoms with Gasteiger partial charge in [0.25, 0.3) is 0 Å². The molecule has 1 fully saturated rings. The fourth-order valence-corrected chi connectivity index (χ4v) is 3.25. The van der Waals surface area contributed by atoms with Crippen LogP contribution in [0.25, 0.3) is 0 Å². The molecule has 1 aromatic rings. The largest absolute Gasteiger partial charge is 0.434 e. The zero-order valence-corrected chi connectivity index (χ0v) is 10.9. The van der Waals surface area contributed by atoms with E-state index in [0.29, 0.717) is 28.9 Å². The Bertz CT molecular complexity index is 416. The summed E-state index contributed by atoms with van der Waals surface area (Å²) in [5.41, 5.74) is 4.86. The van der Waals surface area contributed by atoms with Crippen molar-refractivity contribution >= 4 is 11.3 Å². The molecule has 0 saturated carbocycles. The standard InChI is InChI=1S/C11H16F3N3S/c1-7-16-10(11(12,13)14)9(18-7)6-17-3-2-8(4-15)5-17/h8H,2-6,15H2,1H3. The lowest BCUT2D eigenvalue weighted by Gasteiger charge is -2.15. The molecule has 1 unspecified atom stereocenters. The Morgan fingerprint density at radius 3 is 2.78 bits per heavy atom. The van der Waals surface area contributed by atoms with Gasteiger partial charge in [0.2, 0.25) is 0 Å². The third-order valence-corrected chi connectivity index (χ3v) is 4.10. The van der Waals surface area contributed by atoms with Crippen molar-refractivity contribution in [3.05, 3.63) is 15.6 Å². The summed E-state index contributed by atoms with van der Waals surface area (Å²) in [6, 6.07) is 0. The quantitative estimate of drug-likeness (QED) is 0.922. The van der Waals surface area contributed by atoms with Crippen LogP contribution in [0.1, 0.15) is 22.0 Å². The van der Waals surface area contributed by atoms with Crippen molar-refractivity contribution in [3.8, 4) is 0 Å². The molecule has 0 aliphatic carbocycles. The summed E-state index contributed by atoms with van der Waals surface area (Å²) in [5, 5.41) is 0.465. The molecule has 0 amide bonds. The Labute approximate surface area is 108 Å². The molecule has 18 heavy (non-hydrogen) atoms. The second-order valence-electron chi connectivity index (χ2n) is 4.63. The van der Waals surface area contributed by atoms with Crippen molar-refractivity contribution in [2.24, 2.45) is 11.7 Å². The molecule has 1 aromatic heterocycles. The highest BCUT2D eigenvalue weighted by Crippen LogP contribution is 2.35. The second kappa shape index (κ2) is 5.14. The van der Waals surface area contributed by atoms with Gasteiger partial charge < -0.3 is 5.73 Å². The van der Waals surface area contributed by atoms with Crippen molar-refractivity contribution in [3.63, 3.8) is 0 Å². The summed E-state index contributed by atoms with van der Waals surface area (Å²) in [6.45, 7) is 4.14. The molecule has 2 heterocycles. The summed E-state index contributed by atoms with van der Waals surface area (Å²) in [4.78, 5) is 5.95. The number of rotatable bonds is 3. The van der Waals surface area contributed by atoms with Crippen molar-refractivity contribution in [1.29, 1.82) is 0 Å². The number of aromatic nitrogens is 1. The molecule has 1 aliphatic heterocycles. The van der Waals surface area contributed by atoms with Gasteiger partial charge in [0.15, 0.2) is 5.69 Å². The first-order chi connectivity index (χ1) is 8.40. The number of thiazole rings is 1. The van der Waals surface area contributed by atoms with E-state index in [1.165, 1.54) is 0 Å². The minimum atomic E-state index is -4.35. The number of likely N-dealkylation sites (tertiary alicyclic amines) is 1. The number of hydrogen-bond acceptors (Lipinski definition) is 4. The topological polar surface area (TPSA) is 42.2 Å². The number of alkyl halides is 3. The van der Waals surface area contributed by atoms with E-state index < -0.39 is 11.9 Å². The summed E-state index contributed by atoms with van der Waals surface area (Å²) in [5.74, 6) is 0.411. The van der Waals surface area contributed by atoms with E-state index >= 15 is 0 Å². The molecule has 1 atom stereocenters. The molecule has 1 aliphatic rings. The van der Waals surface area contributed by atoms with Gasteiger partial charge in [0.05, 0.1) is 9.88 Å². The lowest BCUT2D eigenvalue weighted by atomic mass is 10.1. The number of aryl methyl sites for hydroxylation is 1. The zero-order chi connectivity index (χ0) is 13.3. The molecule has 102 valence electrons. The van der Waals surface area contributed by atoms with E-state index in [1.807, 2.05) is 4.90 Å². The molecule has 0 bridgehead atoms. The van der Waals surface area contributed by atoms with Crippen LogP contribution in [-0.2, 0) is 12.7 Å². The van der Waals surface area contributed by atoms with Gasteiger partial charge in [-0.15, -0.1) is 11.3 Å². The zero-order valence-electron chi connectivity index (χ0n) is 10.1.